The Bertz CT molecular complexity index is 715. The van der Waals surface area contributed by atoms with Gasteiger partial charge in [0, 0.05) is 40.2 Å². The molecule has 134 valence electrons. The van der Waals surface area contributed by atoms with E-state index < -0.39 is 10.0 Å². The van der Waals surface area contributed by atoms with Crippen molar-refractivity contribution in [2.75, 3.05) is 39.8 Å². The normalized spacial score (nSPS) is 15.9. The third-order valence-electron chi connectivity index (χ3n) is 4.16. The first-order valence-corrected chi connectivity index (χ1v) is 9.09. The van der Waals surface area contributed by atoms with E-state index in [1.54, 1.807) is 23.6 Å². The van der Waals surface area contributed by atoms with Crippen LogP contribution in [0.1, 0.15) is 18.3 Å². The minimum Gasteiger partial charge on any atom is -0.339 e. The van der Waals surface area contributed by atoms with Crippen LogP contribution in [0.4, 0.5) is 0 Å². The molecule has 1 aliphatic heterocycles. The number of H-pyrrole nitrogens is 1. The SMILES string of the molecule is CC(=O)N1CCN(C(=O)CN(C)S(=O)(=O)c2c(C)n[nH]c2C)CC1. The van der Waals surface area contributed by atoms with Gasteiger partial charge in [0.25, 0.3) is 0 Å². The fraction of sp³-hybridized carbons (Fsp3) is 0.643. The van der Waals surface area contributed by atoms with Crippen molar-refractivity contribution in [2.24, 2.45) is 0 Å². The van der Waals surface area contributed by atoms with Gasteiger partial charge in [-0.3, -0.25) is 14.7 Å². The Balaban J connectivity index is 2.03. The summed E-state index contributed by atoms with van der Waals surface area (Å²) in [5.74, 6) is -0.296. The van der Waals surface area contributed by atoms with E-state index in [1.165, 1.54) is 14.0 Å². The molecule has 0 radical (unpaired) electrons. The number of likely N-dealkylation sites (N-methyl/N-ethyl adjacent to an activating group) is 1. The summed E-state index contributed by atoms with van der Waals surface area (Å²) in [6.07, 6.45) is 0. The van der Waals surface area contributed by atoms with Crippen LogP contribution in [0.25, 0.3) is 0 Å². The molecule has 9 nitrogen and oxygen atoms in total. The van der Waals surface area contributed by atoms with E-state index in [-0.39, 0.29) is 23.3 Å². The third-order valence-corrected chi connectivity index (χ3v) is 6.23. The molecule has 1 aromatic rings. The number of sulfonamides is 1. The Morgan fingerprint density at radius 2 is 1.71 bits per heavy atom. The van der Waals surface area contributed by atoms with Gasteiger partial charge in [-0.15, -0.1) is 0 Å². The summed E-state index contributed by atoms with van der Waals surface area (Å²) in [6, 6.07) is 0. The van der Waals surface area contributed by atoms with Gasteiger partial charge in [-0.2, -0.15) is 9.40 Å². The second-order valence-corrected chi connectivity index (χ2v) is 7.89. The quantitative estimate of drug-likeness (QED) is 0.770. The van der Waals surface area contributed by atoms with Crippen LogP contribution in [0, 0.1) is 13.8 Å². The van der Waals surface area contributed by atoms with Crippen LogP contribution in [-0.2, 0) is 19.6 Å². The van der Waals surface area contributed by atoms with Crippen molar-refractivity contribution in [1.82, 2.24) is 24.3 Å². The summed E-state index contributed by atoms with van der Waals surface area (Å²) in [5, 5.41) is 6.54. The number of piperazine rings is 1. The predicted molar refractivity (Wildman–Crippen MR) is 86.7 cm³/mol. The fourth-order valence-electron chi connectivity index (χ4n) is 2.72. The summed E-state index contributed by atoms with van der Waals surface area (Å²) in [5.41, 5.74) is 0.823. The molecule has 0 aliphatic carbocycles. The van der Waals surface area contributed by atoms with Crippen LogP contribution >= 0.6 is 0 Å². The van der Waals surface area contributed by atoms with Crippen LogP contribution in [0.15, 0.2) is 4.90 Å². The molecule has 0 saturated carbocycles. The Hall–Kier alpha value is -1.94. The lowest BCUT2D eigenvalue weighted by molar-refractivity contribution is -0.138. The van der Waals surface area contributed by atoms with Gasteiger partial charge in [-0.1, -0.05) is 0 Å². The van der Waals surface area contributed by atoms with Gasteiger partial charge in [0.1, 0.15) is 4.90 Å². The van der Waals surface area contributed by atoms with E-state index in [9.17, 15) is 18.0 Å². The predicted octanol–water partition coefficient (Wildman–Crippen LogP) is -0.662. The highest BCUT2D eigenvalue weighted by molar-refractivity contribution is 7.89. The molecule has 1 fully saturated rings. The van der Waals surface area contributed by atoms with E-state index in [2.05, 4.69) is 10.2 Å². The lowest BCUT2D eigenvalue weighted by atomic mass is 10.3. The number of amides is 2. The number of nitrogens with one attached hydrogen (secondary N) is 1. The molecule has 2 heterocycles. The Kier molecular flexibility index (Phi) is 5.29. The Morgan fingerprint density at radius 1 is 1.17 bits per heavy atom. The first-order valence-electron chi connectivity index (χ1n) is 7.65. The monoisotopic (exact) mass is 357 g/mol. The number of aryl methyl sites for hydroxylation is 2. The standard InChI is InChI=1S/C14H23N5O4S/c1-10-14(11(2)16-15-10)24(22,23)17(4)9-13(21)19-7-5-18(6-8-19)12(3)20/h5-9H2,1-4H3,(H,15,16). The van der Waals surface area contributed by atoms with Crippen molar-refractivity contribution in [1.29, 1.82) is 0 Å². The molecule has 1 aliphatic rings. The molecule has 0 spiro atoms. The number of aromatic amines is 1. The van der Waals surface area contributed by atoms with Crippen molar-refractivity contribution < 1.29 is 18.0 Å². The molecular formula is C14H23N5O4S. The van der Waals surface area contributed by atoms with Crippen LogP contribution in [0.2, 0.25) is 0 Å². The smallest absolute Gasteiger partial charge is 0.246 e. The zero-order valence-corrected chi connectivity index (χ0v) is 15.2. The molecular weight excluding hydrogens is 334 g/mol. The molecule has 10 heteroatoms. The second kappa shape index (κ2) is 6.89. The highest BCUT2D eigenvalue weighted by atomic mass is 32.2. The third kappa shape index (κ3) is 3.59. The summed E-state index contributed by atoms with van der Waals surface area (Å²) in [6.45, 7) is 6.25. The van der Waals surface area contributed by atoms with E-state index >= 15 is 0 Å². The number of hydrogen-bond acceptors (Lipinski definition) is 5. The maximum atomic E-state index is 12.6. The molecule has 0 unspecified atom stereocenters. The Morgan fingerprint density at radius 3 is 2.17 bits per heavy atom. The largest absolute Gasteiger partial charge is 0.339 e. The lowest BCUT2D eigenvalue weighted by Gasteiger charge is -2.34. The second-order valence-electron chi connectivity index (χ2n) is 5.91. The lowest BCUT2D eigenvalue weighted by Crippen LogP contribution is -2.52. The maximum Gasteiger partial charge on any atom is 0.246 e. The number of aromatic nitrogens is 2. The molecule has 2 rings (SSSR count). The highest BCUT2D eigenvalue weighted by Gasteiger charge is 2.30. The molecule has 24 heavy (non-hydrogen) atoms. The Labute approximate surface area is 141 Å². The number of hydrogen-bond donors (Lipinski definition) is 1. The van der Waals surface area contributed by atoms with Crippen molar-refractivity contribution in [3.8, 4) is 0 Å². The van der Waals surface area contributed by atoms with E-state index in [4.69, 9.17) is 0 Å². The minimum atomic E-state index is -3.79. The summed E-state index contributed by atoms with van der Waals surface area (Å²) < 4.78 is 26.3. The molecule has 0 aromatic carbocycles. The summed E-state index contributed by atoms with van der Waals surface area (Å²) >= 11 is 0. The van der Waals surface area contributed by atoms with Crippen LogP contribution in [0.3, 0.4) is 0 Å². The number of nitrogens with zero attached hydrogens (tertiary/aromatic N) is 4. The highest BCUT2D eigenvalue weighted by Crippen LogP contribution is 2.20. The van der Waals surface area contributed by atoms with Crippen LogP contribution < -0.4 is 0 Å². The van der Waals surface area contributed by atoms with Crippen molar-refractivity contribution >= 4 is 21.8 Å². The topological polar surface area (TPSA) is 107 Å². The molecule has 0 atom stereocenters. The van der Waals surface area contributed by atoms with E-state index in [0.29, 0.717) is 37.6 Å². The van der Waals surface area contributed by atoms with Gasteiger partial charge in [0.05, 0.1) is 17.9 Å². The number of carbonyl (C=O) groups excluding carboxylic acids is 2. The molecule has 1 saturated heterocycles. The molecule has 2 amide bonds. The molecule has 1 N–H and O–H groups in total. The molecule has 0 bridgehead atoms. The van der Waals surface area contributed by atoms with Gasteiger partial charge < -0.3 is 9.80 Å². The number of rotatable bonds is 4. The van der Waals surface area contributed by atoms with Crippen LogP contribution in [0.5, 0.6) is 0 Å². The summed E-state index contributed by atoms with van der Waals surface area (Å²) in [4.78, 5) is 27.0. The van der Waals surface area contributed by atoms with Gasteiger partial charge in [0.15, 0.2) is 0 Å². The number of carbonyl (C=O) groups is 2. The van der Waals surface area contributed by atoms with Crippen molar-refractivity contribution in [2.45, 2.75) is 25.7 Å². The fourth-order valence-corrected chi connectivity index (χ4v) is 4.17. The first kappa shape index (κ1) is 18.4. The maximum absolute atomic E-state index is 12.6. The summed E-state index contributed by atoms with van der Waals surface area (Å²) in [7, 11) is -2.41. The van der Waals surface area contributed by atoms with Gasteiger partial charge in [-0.25, -0.2) is 8.42 Å². The van der Waals surface area contributed by atoms with Gasteiger partial charge in [-0.05, 0) is 13.8 Å². The van der Waals surface area contributed by atoms with E-state index in [0.717, 1.165) is 4.31 Å². The zero-order valence-electron chi connectivity index (χ0n) is 14.4. The average Bonchev–Trinajstić information content (AvgIpc) is 2.86. The average molecular weight is 357 g/mol. The first-order chi connectivity index (χ1) is 11.1. The van der Waals surface area contributed by atoms with Crippen molar-refractivity contribution in [3.05, 3.63) is 11.4 Å². The zero-order chi connectivity index (χ0) is 18.1. The minimum absolute atomic E-state index is 0.0206. The van der Waals surface area contributed by atoms with E-state index in [1.807, 2.05) is 0 Å². The molecule has 1 aromatic heterocycles. The van der Waals surface area contributed by atoms with Gasteiger partial charge in [0.2, 0.25) is 21.8 Å². The van der Waals surface area contributed by atoms with Crippen LogP contribution in [-0.4, -0.2) is 84.3 Å². The van der Waals surface area contributed by atoms with Crippen molar-refractivity contribution in [3.63, 3.8) is 0 Å². The van der Waals surface area contributed by atoms with Gasteiger partial charge >= 0.3 is 0 Å².